The number of benzene rings is 1. The molecule has 0 unspecified atom stereocenters. The molecule has 0 atom stereocenters. The van der Waals surface area contributed by atoms with E-state index in [4.69, 9.17) is 5.73 Å². The van der Waals surface area contributed by atoms with Crippen molar-refractivity contribution in [3.05, 3.63) is 17.7 Å². The fourth-order valence-electron chi connectivity index (χ4n) is 1.39. The summed E-state index contributed by atoms with van der Waals surface area (Å²) in [6.45, 7) is 1.94. The largest absolute Gasteiger partial charge is 0.398 e. The van der Waals surface area contributed by atoms with Crippen LogP contribution in [-0.4, -0.2) is 11.7 Å². The van der Waals surface area contributed by atoms with Crippen LogP contribution in [0.2, 0.25) is 0 Å². The first kappa shape index (κ1) is 9.40. The molecule has 1 heterocycles. The van der Waals surface area contributed by atoms with E-state index in [0.29, 0.717) is 6.42 Å². The van der Waals surface area contributed by atoms with Crippen LogP contribution in [0.4, 0.5) is 11.4 Å². The summed E-state index contributed by atoms with van der Waals surface area (Å²) in [6, 6.07) is 3.86. The number of nitrogens with one attached hydrogen (secondary N) is 1. The van der Waals surface area contributed by atoms with Gasteiger partial charge in [0.2, 0.25) is 5.91 Å². The van der Waals surface area contributed by atoms with Gasteiger partial charge in [-0.1, -0.05) is 0 Å². The number of hydrogen-bond donors (Lipinski definition) is 2. The van der Waals surface area contributed by atoms with Crippen LogP contribution in [0, 0.1) is 6.92 Å². The van der Waals surface area contributed by atoms with E-state index in [1.54, 1.807) is 11.8 Å². The predicted octanol–water partition coefficient (Wildman–Crippen LogP) is 2.01. The third kappa shape index (κ3) is 1.70. The van der Waals surface area contributed by atoms with Gasteiger partial charge < -0.3 is 11.1 Å². The topological polar surface area (TPSA) is 55.1 Å². The van der Waals surface area contributed by atoms with Gasteiger partial charge in [0, 0.05) is 22.8 Å². The van der Waals surface area contributed by atoms with E-state index in [2.05, 4.69) is 5.32 Å². The molecule has 0 radical (unpaired) electrons. The third-order valence-electron chi connectivity index (χ3n) is 2.23. The molecule has 0 fully saturated rings. The van der Waals surface area contributed by atoms with Crippen molar-refractivity contribution >= 4 is 29.0 Å². The fraction of sp³-hybridized carbons (Fsp3) is 0.300. The first-order valence-corrected chi connectivity index (χ1v) is 5.48. The lowest BCUT2D eigenvalue weighted by molar-refractivity contribution is -0.115. The summed E-state index contributed by atoms with van der Waals surface area (Å²) in [7, 11) is 0. The number of hydrogen-bond acceptors (Lipinski definition) is 3. The van der Waals surface area contributed by atoms with Gasteiger partial charge in [-0.3, -0.25) is 4.79 Å². The van der Waals surface area contributed by atoms with E-state index < -0.39 is 0 Å². The van der Waals surface area contributed by atoms with E-state index in [1.165, 1.54) is 0 Å². The Balaban J connectivity index is 2.46. The molecule has 1 aromatic carbocycles. The molecule has 0 spiro atoms. The molecular weight excluding hydrogens is 196 g/mol. The second kappa shape index (κ2) is 3.53. The Kier molecular flexibility index (Phi) is 2.37. The molecule has 1 aromatic rings. The van der Waals surface area contributed by atoms with Crippen LogP contribution in [-0.2, 0) is 4.79 Å². The number of carbonyl (C=O) groups is 1. The number of aryl methyl sites for hydroxylation is 1. The monoisotopic (exact) mass is 208 g/mol. The average Bonchev–Trinajstić information content (AvgIpc) is 2.28. The quantitative estimate of drug-likeness (QED) is 0.641. The zero-order chi connectivity index (χ0) is 10.1. The minimum atomic E-state index is 0.0837. The highest BCUT2D eigenvalue weighted by atomic mass is 32.2. The van der Waals surface area contributed by atoms with Gasteiger partial charge in [0.15, 0.2) is 0 Å². The fourth-order valence-corrected chi connectivity index (χ4v) is 2.37. The molecular formula is C10H12N2OS. The van der Waals surface area contributed by atoms with Gasteiger partial charge >= 0.3 is 0 Å². The van der Waals surface area contributed by atoms with Crippen molar-refractivity contribution < 1.29 is 4.79 Å². The normalized spacial score (nSPS) is 15.6. The Labute approximate surface area is 87.1 Å². The van der Waals surface area contributed by atoms with Crippen molar-refractivity contribution in [3.63, 3.8) is 0 Å². The third-order valence-corrected chi connectivity index (χ3v) is 3.29. The first-order chi connectivity index (χ1) is 6.66. The molecule has 1 aliphatic heterocycles. The highest BCUT2D eigenvalue weighted by Crippen LogP contribution is 2.33. The van der Waals surface area contributed by atoms with Crippen LogP contribution in [0.3, 0.4) is 0 Å². The van der Waals surface area contributed by atoms with Gasteiger partial charge in [0.25, 0.3) is 0 Å². The maximum absolute atomic E-state index is 11.3. The lowest BCUT2D eigenvalue weighted by Gasteiger charge is -2.09. The maximum atomic E-state index is 11.3. The Bertz CT molecular complexity index is 390. The maximum Gasteiger partial charge on any atom is 0.225 e. The second-order valence-electron chi connectivity index (χ2n) is 3.35. The SMILES string of the molecule is Cc1cc2c(cc1N)SCCC(=O)N2. The number of amides is 1. The molecule has 0 aliphatic carbocycles. The van der Waals surface area contributed by atoms with E-state index in [-0.39, 0.29) is 5.91 Å². The Morgan fingerprint density at radius 3 is 3.07 bits per heavy atom. The molecule has 74 valence electrons. The summed E-state index contributed by atoms with van der Waals surface area (Å²) in [5, 5.41) is 2.88. The number of thioether (sulfide) groups is 1. The van der Waals surface area contributed by atoms with Gasteiger partial charge in [-0.05, 0) is 24.6 Å². The number of nitrogens with two attached hydrogens (primary N) is 1. The van der Waals surface area contributed by atoms with Crippen molar-refractivity contribution in [1.29, 1.82) is 0 Å². The summed E-state index contributed by atoms with van der Waals surface area (Å²) >= 11 is 1.67. The molecule has 1 amide bonds. The summed E-state index contributed by atoms with van der Waals surface area (Å²) in [5.41, 5.74) is 8.49. The summed E-state index contributed by atoms with van der Waals surface area (Å²) in [6.07, 6.45) is 0.568. The molecule has 1 aliphatic rings. The smallest absolute Gasteiger partial charge is 0.225 e. The highest BCUT2D eigenvalue weighted by Gasteiger charge is 2.14. The van der Waals surface area contributed by atoms with Crippen molar-refractivity contribution in [3.8, 4) is 0 Å². The van der Waals surface area contributed by atoms with E-state index >= 15 is 0 Å². The molecule has 0 saturated heterocycles. The molecule has 0 saturated carbocycles. The summed E-state index contributed by atoms with van der Waals surface area (Å²) < 4.78 is 0. The van der Waals surface area contributed by atoms with E-state index in [1.807, 2.05) is 19.1 Å². The molecule has 4 heteroatoms. The Morgan fingerprint density at radius 1 is 1.50 bits per heavy atom. The van der Waals surface area contributed by atoms with Gasteiger partial charge in [0.1, 0.15) is 0 Å². The number of carbonyl (C=O) groups excluding carboxylic acids is 1. The zero-order valence-corrected chi connectivity index (χ0v) is 8.78. The zero-order valence-electron chi connectivity index (χ0n) is 7.96. The van der Waals surface area contributed by atoms with Gasteiger partial charge in [-0.15, -0.1) is 11.8 Å². The van der Waals surface area contributed by atoms with Crippen LogP contribution < -0.4 is 11.1 Å². The first-order valence-electron chi connectivity index (χ1n) is 4.49. The van der Waals surface area contributed by atoms with Crippen molar-refractivity contribution in [2.75, 3.05) is 16.8 Å². The molecule has 3 nitrogen and oxygen atoms in total. The number of nitrogen functional groups attached to an aromatic ring is 1. The highest BCUT2D eigenvalue weighted by molar-refractivity contribution is 7.99. The van der Waals surface area contributed by atoms with E-state index in [9.17, 15) is 4.79 Å². The molecule has 0 aromatic heterocycles. The molecule has 0 bridgehead atoms. The van der Waals surface area contributed by atoms with Gasteiger partial charge in [-0.25, -0.2) is 0 Å². The van der Waals surface area contributed by atoms with Gasteiger partial charge in [0.05, 0.1) is 5.69 Å². The van der Waals surface area contributed by atoms with Crippen LogP contribution in [0.1, 0.15) is 12.0 Å². The molecule has 14 heavy (non-hydrogen) atoms. The number of anilines is 2. The van der Waals surface area contributed by atoms with E-state index in [0.717, 1.165) is 27.6 Å². The predicted molar refractivity (Wildman–Crippen MR) is 59.6 cm³/mol. The van der Waals surface area contributed by atoms with Crippen molar-refractivity contribution in [2.45, 2.75) is 18.2 Å². The van der Waals surface area contributed by atoms with Crippen LogP contribution >= 0.6 is 11.8 Å². The van der Waals surface area contributed by atoms with Crippen molar-refractivity contribution in [2.24, 2.45) is 0 Å². The van der Waals surface area contributed by atoms with Crippen molar-refractivity contribution in [1.82, 2.24) is 0 Å². The lowest BCUT2D eigenvalue weighted by atomic mass is 10.2. The van der Waals surface area contributed by atoms with Crippen LogP contribution in [0.25, 0.3) is 0 Å². The molecule has 2 rings (SSSR count). The summed E-state index contributed by atoms with van der Waals surface area (Å²) in [5.74, 6) is 0.904. The van der Waals surface area contributed by atoms with Crippen LogP contribution in [0.5, 0.6) is 0 Å². The number of fused-ring (bicyclic) bond motifs is 1. The minimum absolute atomic E-state index is 0.0837. The minimum Gasteiger partial charge on any atom is -0.398 e. The Hall–Kier alpha value is -1.16. The van der Waals surface area contributed by atoms with Crippen LogP contribution in [0.15, 0.2) is 17.0 Å². The summed E-state index contributed by atoms with van der Waals surface area (Å²) in [4.78, 5) is 12.4. The molecule has 3 N–H and O–H groups in total. The second-order valence-corrected chi connectivity index (χ2v) is 4.49. The number of rotatable bonds is 0. The Morgan fingerprint density at radius 2 is 2.29 bits per heavy atom. The lowest BCUT2D eigenvalue weighted by Crippen LogP contribution is -2.10. The van der Waals surface area contributed by atoms with Gasteiger partial charge in [-0.2, -0.15) is 0 Å². The standard InChI is InChI=1S/C10H12N2OS/c1-6-4-8-9(5-7(6)11)14-3-2-10(13)12-8/h4-5H,2-3,11H2,1H3,(H,12,13). The average molecular weight is 208 g/mol.